The van der Waals surface area contributed by atoms with Crippen LogP contribution in [0.5, 0.6) is 0 Å². The zero-order chi connectivity index (χ0) is 19.9. The maximum atomic E-state index is 13.5. The van der Waals surface area contributed by atoms with Gasteiger partial charge in [-0.2, -0.15) is 0 Å². The van der Waals surface area contributed by atoms with E-state index in [-0.39, 0.29) is 0 Å². The molecule has 2 aromatic rings. The largest absolute Gasteiger partial charge is 0.346 e. The molecule has 1 amide bonds. The summed E-state index contributed by atoms with van der Waals surface area (Å²) in [6.07, 6.45) is 4.81. The Hall–Kier alpha value is -2.84. The van der Waals surface area contributed by atoms with Gasteiger partial charge in [0.15, 0.2) is 23.3 Å². The summed E-state index contributed by atoms with van der Waals surface area (Å²) >= 11 is 0. The van der Waals surface area contributed by atoms with Crippen molar-refractivity contribution in [2.45, 2.75) is 32.7 Å². The molecule has 1 saturated carbocycles. The molecule has 0 bridgehead atoms. The number of nitrogens with one attached hydrogen (secondary N) is 2. The van der Waals surface area contributed by atoms with E-state index >= 15 is 0 Å². The number of aromatic nitrogens is 1. The minimum atomic E-state index is -2.27. The summed E-state index contributed by atoms with van der Waals surface area (Å²) in [4.78, 5) is 11.8. The third-order valence-corrected chi connectivity index (χ3v) is 4.37. The SMILES string of the molecule is Cc1cc(/C=C/C(=O)NNc2c(F)c(F)c(F)c(F)c2F)c(C)n1C1CC1. The van der Waals surface area contributed by atoms with Gasteiger partial charge in [0.2, 0.25) is 5.82 Å². The van der Waals surface area contributed by atoms with Crippen LogP contribution in [-0.4, -0.2) is 10.5 Å². The number of hydrazine groups is 1. The fourth-order valence-corrected chi connectivity index (χ4v) is 2.91. The van der Waals surface area contributed by atoms with Crippen molar-refractivity contribution in [3.63, 3.8) is 0 Å². The molecule has 0 radical (unpaired) electrons. The normalized spacial score (nSPS) is 14.0. The Morgan fingerprint density at radius 1 is 1.04 bits per heavy atom. The van der Waals surface area contributed by atoms with Gasteiger partial charge in [0.05, 0.1) is 0 Å². The van der Waals surface area contributed by atoms with Crippen molar-refractivity contribution < 1.29 is 26.7 Å². The summed E-state index contributed by atoms with van der Waals surface area (Å²) in [5, 5.41) is 0. The number of hydrogen-bond donors (Lipinski definition) is 2. The predicted molar refractivity (Wildman–Crippen MR) is 89.2 cm³/mol. The molecule has 1 aliphatic carbocycles. The van der Waals surface area contributed by atoms with Crippen molar-refractivity contribution in [3.8, 4) is 0 Å². The van der Waals surface area contributed by atoms with Gasteiger partial charge >= 0.3 is 0 Å². The quantitative estimate of drug-likeness (QED) is 0.265. The van der Waals surface area contributed by atoms with Gasteiger partial charge in [-0.1, -0.05) is 0 Å². The van der Waals surface area contributed by atoms with Crippen molar-refractivity contribution in [1.82, 2.24) is 9.99 Å². The second kappa shape index (κ2) is 7.05. The third kappa shape index (κ3) is 3.54. The molecule has 1 aromatic carbocycles. The molecule has 144 valence electrons. The topological polar surface area (TPSA) is 46.1 Å². The van der Waals surface area contributed by atoms with Crippen LogP contribution in [0, 0.1) is 42.9 Å². The maximum absolute atomic E-state index is 13.5. The molecule has 4 nitrogen and oxygen atoms in total. The summed E-state index contributed by atoms with van der Waals surface area (Å²) in [7, 11) is 0. The van der Waals surface area contributed by atoms with E-state index in [4.69, 9.17) is 0 Å². The minimum Gasteiger partial charge on any atom is -0.346 e. The zero-order valence-corrected chi connectivity index (χ0v) is 14.5. The standard InChI is InChI=1S/C18H16F5N3O/c1-8-7-10(9(2)26(8)11-4-5-11)3-6-12(27)24-25-18-16(22)14(20)13(19)15(21)17(18)23/h3,6-7,11,25H,4-5H2,1-2H3,(H,24,27)/b6-3+. The van der Waals surface area contributed by atoms with Crippen LogP contribution < -0.4 is 10.9 Å². The van der Waals surface area contributed by atoms with Gasteiger partial charge < -0.3 is 4.57 Å². The predicted octanol–water partition coefficient (Wildman–Crippen LogP) is 4.29. The second-order valence-electron chi connectivity index (χ2n) is 6.32. The minimum absolute atomic E-state index is 0.469. The number of carbonyl (C=O) groups excluding carboxylic acids is 1. The van der Waals surface area contributed by atoms with E-state index in [0.717, 1.165) is 35.9 Å². The average molecular weight is 385 g/mol. The Morgan fingerprint density at radius 2 is 1.59 bits per heavy atom. The highest BCUT2D eigenvalue weighted by Crippen LogP contribution is 2.38. The number of hydrogen-bond acceptors (Lipinski definition) is 2. The Kier molecular flexibility index (Phi) is 4.95. The number of anilines is 1. The molecule has 27 heavy (non-hydrogen) atoms. The molecule has 1 aromatic heterocycles. The van der Waals surface area contributed by atoms with Crippen molar-refractivity contribution in [2.75, 3.05) is 5.43 Å². The van der Waals surface area contributed by atoms with Gasteiger partial charge in [-0.05, 0) is 44.4 Å². The number of amides is 1. The van der Waals surface area contributed by atoms with E-state index in [0.29, 0.717) is 6.04 Å². The molecule has 0 aliphatic heterocycles. The van der Waals surface area contributed by atoms with E-state index in [1.807, 2.05) is 25.3 Å². The molecule has 0 spiro atoms. The van der Waals surface area contributed by atoms with Crippen LogP contribution in [0.3, 0.4) is 0 Å². The molecule has 0 unspecified atom stereocenters. The van der Waals surface area contributed by atoms with Crippen molar-refractivity contribution >= 4 is 17.7 Å². The number of rotatable bonds is 5. The van der Waals surface area contributed by atoms with Crippen molar-refractivity contribution in [2.24, 2.45) is 0 Å². The molecule has 1 fully saturated rings. The summed E-state index contributed by atoms with van der Waals surface area (Å²) < 4.78 is 68.5. The fraction of sp³-hybridized carbons (Fsp3) is 0.278. The highest BCUT2D eigenvalue weighted by atomic mass is 19.2. The molecule has 9 heteroatoms. The maximum Gasteiger partial charge on any atom is 0.262 e. The summed E-state index contributed by atoms with van der Waals surface area (Å²) in [5.41, 5.74) is 5.11. The summed E-state index contributed by atoms with van der Waals surface area (Å²) in [6.45, 7) is 3.86. The molecule has 3 rings (SSSR count). The Bertz CT molecular complexity index is 918. The first kappa shape index (κ1) is 18.9. The third-order valence-electron chi connectivity index (χ3n) is 4.37. The monoisotopic (exact) mass is 385 g/mol. The fourth-order valence-electron chi connectivity index (χ4n) is 2.91. The highest BCUT2D eigenvalue weighted by Gasteiger charge is 2.27. The smallest absolute Gasteiger partial charge is 0.262 e. The van der Waals surface area contributed by atoms with E-state index in [1.54, 1.807) is 5.43 Å². The lowest BCUT2D eigenvalue weighted by Gasteiger charge is -2.10. The first-order valence-corrected chi connectivity index (χ1v) is 8.16. The van der Waals surface area contributed by atoms with Gasteiger partial charge in [0.25, 0.3) is 5.91 Å². The lowest BCUT2D eigenvalue weighted by molar-refractivity contribution is -0.116. The van der Waals surface area contributed by atoms with Gasteiger partial charge in [0, 0.05) is 23.5 Å². The van der Waals surface area contributed by atoms with Gasteiger partial charge in [-0.3, -0.25) is 15.6 Å². The molecule has 0 atom stereocenters. The van der Waals surface area contributed by atoms with Crippen LogP contribution in [0.15, 0.2) is 12.1 Å². The first-order valence-electron chi connectivity index (χ1n) is 8.16. The van der Waals surface area contributed by atoms with Crippen molar-refractivity contribution in [1.29, 1.82) is 0 Å². The van der Waals surface area contributed by atoms with Crippen LogP contribution in [0.1, 0.15) is 35.8 Å². The summed E-state index contributed by atoms with van der Waals surface area (Å²) in [5.74, 6) is -11.4. The van der Waals surface area contributed by atoms with E-state index < -0.39 is 40.7 Å². The van der Waals surface area contributed by atoms with Gasteiger partial charge in [-0.15, -0.1) is 0 Å². The van der Waals surface area contributed by atoms with Crippen LogP contribution >= 0.6 is 0 Å². The molecular weight excluding hydrogens is 369 g/mol. The number of carbonyl (C=O) groups is 1. The Morgan fingerprint density at radius 3 is 2.15 bits per heavy atom. The van der Waals surface area contributed by atoms with Crippen LogP contribution in [0.2, 0.25) is 0 Å². The highest BCUT2D eigenvalue weighted by molar-refractivity contribution is 5.92. The van der Waals surface area contributed by atoms with E-state index in [9.17, 15) is 26.7 Å². The average Bonchev–Trinajstić information content (AvgIpc) is 3.42. The van der Waals surface area contributed by atoms with Crippen LogP contribution in [0.25, 0.3) is 6.08 Å². The van der Waals surface area contributed by atoms with E-state index in [2.05, 4.69) is 4.57 Å². The molecule has 1 heterocycles. The Labute approximate surface area is 151 Å². The number of nitrogens with zero attached hydrogens (tertiary/aromatic N) is 1. The van der Waals surface area contributed by atoms with Gasteiger partial charge in [-0.25, -0.2) is 22.0 Å². The van der Waals surface area contributed by atoms with Gasteiger partial charge in [0.1, 0.15) is 5.69 Å². The number of halogens is 5. The van der Waals surface area contributed by atoms with Crippen molar-refractivity contribution in [3.05, 3.63) is 58.2 Å². The molecule has 0 saturated heterocycles. The lowest BCUT2D eigenvalue weighted by atomic mass is 10.2. The zero-order valence-electron chi connectivity index (χ0n) is 14.5. The Balaban J connectivity index is 1.71. The van der Waals surface area contributed by atoms with E-state index in [1.165, 1.54) is 6.08 Å². The lowest BCUT2D eigenvalue weighted by Crippen LogP contribution is -2.29. The summed E-state index contributed by atoms with van der Waals surface area (Å²) in [6, 6.07) is 2.37. The van der Waals surface area contributed by atoms with Crippen LogP contribution in [-0.2, 0) is 4.79 Å². The molecular formula is C18H16F5N3O. The number of benzene rings is 1. The second-order valence-corrected chi connectivity index (χ2v) is 6.32. The molecule has 1 aliphatic rings. The first-order chi connectivity index (χ1) is 12.7. The van der Waals surface area contributed by atoms with Crippen LogP contribution in [0.4, 0.5) is 27.6 Å². The number of aryl methyl sites for hydroxylation is 1. The molecule has 2 N–H and O–H groups in total.